The third-order valence-electron chi connectivity index (χ3n) is 1.23. The number of carbonyl (C=O) groups is 1. The van der Waals surface area contributed by atoms with Crippen LogP contribution in [0.15, 0.2) is 11.0 Å². The van der Waals surface area contributed by atoms with Gasteiger partial charge in [0.1, 0.15) is 0 Å². The van der Waals surface area contributed by atoms with Crippen LogP contribution in [-0.4, -0.2) is 12.0 Å². The van der Waals surface area contributed by atoms with E-state index < -0.39 is 0 Å². The van der Waals surface area contributed by atoms with E-state index in [9.17, 15) is 4.79 Å². The summed E-state index contributed by atoms with van der Waals surface area (Å²) in [4.78, 5) is 12.0. The largest absolute Gasteiger partial charge is 0.294 e. The lowest BCUT2D eigenvalue weighted by Crippen LogP contribution is -1.97. The molecule has 0 rings (SSSR count). The molecule has 0 unspecified atom stereocenters. The third kappa shape index (κ3) is 3.06. The zero-order valence-electron chi connectivity index (χ0n) is 6.81. The van der Waals surface area contributed by atoms with Crippen molar-refractivity contribution >= 4 is 17.5 Å². The molecule has 0 radical (unpaired) electrons. The van der Waals surface area contributed by atoms with Crippen LogP contribution in [0.1, 0.15) is 26.7 Å². The van der Waals surface area contributed by atoms with Gasteiger partial charge >= 0.3 is 0 Å². The minimum Gasteiger partial charge on any atom is -0.294 e. The van der Waals surface area contributed by atoms with Gasteiger partial charge < -0.3 is 0 Å². The fraction of sp³-hybridized carbons (Fsp3) is 0.625. The fourth-order valence-electron chi connectivity index (χ4n) is 0.743. The number of hydrogen-bond acceptors (Lipinski definition) is 2. The topological polar surface area (TPSA) is 17.1 Å². The van der Waals surface area contributed by atoms with Crippen molar-refractivity contribution in [1.82, 2.24) is 0 Å². The molecule has 0 heterocycles. The maximum atomic E-state index is 11.1. The molecule has 0 fully saturated rings. The summed E-state index contributed by atoms with van der Waals surface area (Å²) in [5, 5.41) is 0. The molecule has 1 nitrogen and oxygen atoms in total. The first-order valence-corrected chi connectivity index (χ1v) is 4.72. The molecule has 0 saturated heterocycles. The number of hydrogen-bond donors (Lipinski definition) is 0. The maximum absolute atomic E-state index is 11.1. The van der Waals surface area contributed by atoms with Crippen molar-refractivity contribution in [1.29, 1.82) is 0 Å². The Balaban J connectivity index is 3.91. The van der Waals surface area contributed by atoms with Crippen LogP contribution in [-0.2, 0) is 4.79 Å². The molecular formula is C8H14OS. The molecule has 0 spiro atoms. The molecule has 0 aromatic carbocycles. The Labute approximate surface area is 66.9 Å². The molecule has 0 atom stereocenters. The molecule has 0 aromatic heterocycles. The van der Waals surface area contributed by atoms with Crippen molar-refractivity contribution in [2.75, 3.05) is 6.26 Å². The second-order valence-corrected chi connectivity index (χ2v) is 2.88. The van der Waals surface area contributed by atoms with Crippen LogP contribution in [0.5, 0.6) is 0 Å². The van der Waals surface area contributed by atoms with Gasteiger partial charge in [0.05, 0.1) is 0 Å². The van der Waals surface area contributed by atoms with Crippen LogP contribution in [0, 0.1) is 0 Å². The Hall–Kier alpha value is -0.240. The second kappa shape index (κ2) is 5.54. The van der Waals surface area contributed by atoms with E-state index in [-0.39, 0.29) is 5.78 Å². The molecule has 0 aromatic rings. The lowest BCUT2D eigenvalue weighted by Gasteiger charge is -1.98. The van der Waals surface area contributed by atoms with Crippen LogP contribution in [0.2, 0.25) is 0 Å². The summed E-state index contributed by atoms with van der Waals surface area (Å²) in [5.41, 5.74) is 0. The van der Waals surface area contributed by atoms with Gasteiger partial charge in [-0.2, -0.15) is 0 Å². The van der Waals surface area contributed by atoms with Gasteiger partial charge in [0, 0.05) is 11.3 Å². The van der Waals surface area contributed by atoms with Gasteiger partial charge in [-0.15, -0.1) is 11.8 Å². The molecule has 0 N–H and O–H groups in total. The minimum atomic E-state index is 0.275. The number of allylic oxidation sites excluding steroid dienone is 2. The number of ketones is 1. The fourth-order valence-corrected chi connectivity index (χ4v) is 1.31. The average Bonchev–Trinajstić information content (AvgIpc) is 1.91. The SMILES string of the molecule is C/C=C(\SC)C(=O)CCC. The Morgan fingerprint density at radius 2 is 2.20 bits per heavy atom. The highest BCUT2D eigenvalue weighted by Gasteiger charge is 2.03. The number of Topliss-reactive ketones (excluding diaryl/α,β-unsaturated/α-hetero) is 1. The summed E-state index contributed by atoms with van der Waals surface area (Å²) in [6.45, 7) is 3.92. The quantitative estimate of drug-likeness (QED) is 0.585. The molecule has 10 heavy (non-hydrogen) atoms. The summed E-state index contributed by atoms with van der Waals surface area (Å²) in [5.74, 6) is 0.275. The zero-order chi connectivity index (χ0) is 7.98. The minimum absolute atomic E-state index is 0.275. The molecule has 0 aliphatic rings. The van der Waals surface area contributed by atoms with E-state index in [1.54, 1.807) is 0 Å². The van der Waals surface area contributed by atoms with E-state index in [4.69, 9.17) is 0 Å². The van der Waals surface area contributed by atoms with Crippen LogP contribution in [0.3, 0.4) is 0 Å². The van der Waals surface area contributed by atoms with Gasteiger partial charge in [-0.25, -0.2) is 0 Å². The first-order valence-electron chi connectivity index (χ1n) is 3.49. The monoisotopic (exact) mass is 158 g/mol. The van der Waals surface area contributed by atoms with Gasteiger partial charge in [0.15, 0.2) is 5.78 Å². The number of rotatable bonds is 4. The maximum Gasteiger partial charge on any atom is 0.168 e. The first-order chi connectivity index (χ1) is 4.76. The van der Waals surface area contributed by atoms with Gasteiger partial charge in [-0.05, 0) is 19.6 Å². The van der Waals surface area contributed by atoms with Crippen molar-refractivity contribution < 1.29 is 4.79 Å². The van der Waals surface area contributed by atoms with Crippen LogP contribution >= 0.6 is 11.8 Å². The third-order valence-corrected chi connectivity index (χ3v) is 2.14. The highest BCUT2D eigenvalue weighted by Crippen LogP contribution is 2.14. The number of carbonyl (C=O) groups excluding carboxylic acids is 1. The number of thioether (sulfide) groups is 1. The molecule has 0 amide bonds. The Morgan fingerprint density at radius 1 is 1.60 bits per heavy atom. The lowest BCUT2D eigenvalue weighted by molar-refractivity contribution is -0.114. The average molecular weight is 158 g/mol. The highest BCUT2D eigenvalue weighted by atomic mass is 32.2. The van der Waals surface area contributed by atoms with Crippen LogP contribution < -0.4 is 0 Å². The van der Waals surface area contributed by atoms with Gasteiger partial charge in [0.25, 0.3) is 0 Å². The Kier molecular flexibility index (Phi) is 5.40. The Morgan fingerprint density at radius 3 is 2.50 bits per heavy atom. The van der Waals surface area contributed by atoms with Crippen molar-refractivity contribution in [2.24, 2.45) is 0 Å². The van der Waals surface area contributed by atoms with E-state index in [2.05, 4.69) is 0 Å². The smallest absolute Gasteiger partial charge is 0.168 e. The predicted molar refractivity (Wildman–Crippen MR) is 47.2 cm³/mol. The van der Waals surface area contributed by atoms with Crippen LogP contribution in [0.25, 0.3) is 0 Å². The highest BCUT2D eigenvalue weighted by molar-refractivity contribution is 8.03. The van der Waals surface area contributed by atoms with Crippen molar-refractivity contribution in [3.05, 3.63) is 11.0 Å². The van der Waals surface area contributed by atoms with Gasteiger partial charge in [-0.3, -0.25) is 4.79 Å². The van der Waals surface area contributed by atoms with Crippen molar-refractivity contribution in [2.45, 2.75) is 26.7 Å². The summed E-state index contributed by atoms with van der Waals surface area (Å²) < 4.78 is 0. The second-order valence-electron chi connectivity index (χ2n) is 2.03. The van der Waals surface area contributed by atoms with E-state index in [0.717, 1.165) is 11.3 Å². The molecule has 0 aliphatic carbocycles. The molecular weight excluding hydrogens is 144 g/mol. The Bertz CT molecular complexity index is 138. The molecule has 58 valence electrons. The first kappa shape index (κ1) is 9.76. The lowest BCUT2D eigenvalue weighted by atomic mass is 10.2. The summed E-state index contributed by atoms with van der Waals surface area (Å²) in [6, 6.07) is 0. The molecule has 0 bridgehead atoms. The van der Waals surface area contributed by atoms with Crippen molar-refractivity contribution in [3.8, 4) is 0 Å². The molecule has 0 saturated carbocycles. The molecule has 2 heteroatoms. The summed E-state index contributed by atoms with van der Waals surface area (Å²) in [7, 11) is 0. The summed E-state index contributed by atoms with van der Waals surface area (Å²) >= 11 is 1.53. The normalized spacial score (nSPS) is 11.7. The van der Waals surface area contributed by atoms with E-state index >= 15 is 0 Å². The zero-order valence-corrected chi connectivity index (χ0v) is 7.62. The van der Waals surface area contributed by atoms with Gasteiger partial charge in [-0.1, -0.05) is 13.0 Å². The summed E-state index contributed by atoms with van der Waals surface area (Å²) in [6.07, 6.45) is 5.43. The van der Waals surface area contributed by atoms with E-state index in [1.807, 2.05) is 26.2 Å². The van der Waals surface area contributed by atoms with E-state index in [0.29, 0.717) is 6.42 Å². The van der Waals surface area contributed by atoms with E-state index in [1.165, 1.54) is 11.8 Å². The van der Waals surface area contributed by atoms with Crippen molar-refractivity contribution in [3.63, 3.8) is 0 Å². The standard InChI is InChI=1S/C8H14OS/c1-4-6-7(9)8(5-2)10-3/h5H,4,6H2,1-3H3/b8-5-. The predicted octanol–water partition coefficient (Wildman–Crippen LogP) is 2.62. The van der Waals surface area contributed by atoms with Crippen LogP contribution in [0.4, 0.5) is 0 Å². The molecule has 0 aliphatic heterocycles. The van der Waals surface area contributed by atoms with Gasteiger partial charge in [0.2, 0.25) is 0 Å².